The Morgan fingerprint density at radius 1 is 1.44 bits per heavy atom. The number of hydrogen-bond acceptors (Lipinski definition) is 3. The van der Waals surface area contributed by atoms with Crippen molar-refractivity contribution >= 4 is 23.5 Å². The van der Waals surface area contributed by atoms with Crippen LogP contribution in [0.15, 0.2) is 43.0 Å². The number of anilines is 1. The second kappa shape index (κ2) is 5.68. The molecule has 2 rings (SSSR count). The lowest BCUT2D eigenvalue weighted by Crippen LogP contribution is -2.28. The topological polar surface area (TPSA) is 42.0 Å². The van der Waals surface area contributed by atoms with Crippen molar-refractivity contribution in [2.24, 2.45) is 7.05 Å². The third-order valence-corrected chi connectivity index (χ3v) is 3.30. The zero-order valence-corrected chi connectivity index (χ0v) is 11.2. The summed E-state index contributed by atoms with van der Waals surface area (Å²) in [6.07, 6.45) is 3.51. The molecule has 0 fully saturated rings. The number of aryl methyl sites for hydroxylation is 1. The molecule has 0 spiro atoms. The summed E-state index contributed by atoms with van der Waals surface area (Å²) < 4.78 is 3.51. The average molecular weight is 263 g/mol. The minimum atomic E-state index is 0.0457. The van der Waals surface area contributed by atoms with Crippen LogP contribution in [-0.4, -0.2) is 27.9 Å². The van der Waals surface area contributed by atoms with E-state index in [0.29, 0.717) is 5.75 Å². The molecule has 0 aliphatic carbocycles. The van der Waals surface area contributed by atoms with Crippen LogP contribution < -0.4 is 9.47 Å². The van der Waals surface area contributed by atoms with Gasteiger partial charge in [-0.15, -0.1) is 0 Å². The van der Waals surface area contributed by atoms with Crippen molar-refractivity contribution < 1.29 is 9.36 Å². The number of benzene rings is 1. The van der Waals surface area contributed by atoms with Gasteiger partial charge in [0.1, 0.15) is 5.75 Å². The van der Waals surface area contributed by atoms with Crippen LogP contribution in [0.25, 0.3) is 0 Å². The fourth-order valence-electron chi connectivity index (χ4n) is 1.43. The van der Waals surface area contributed by atoms with Gasteiger partial charge in [0.25, 0.3) is 6.33 Å². The molecular formula is C12H15N4OS+. The Hall–Kier alpha value is -1.82. The van der Waals surface area contributed by atoms with Gasteiger partial charge in [-0.2, -0.15) is 0 Å². The molecule has 18 heavy (non-hydrogen) atoms. The smallest absolute Gasteiger partial charge is 0.266 e. The standard InChI is InChI=1S/C12H15N4OS/c1-14-9-13-16(10-14)18-8-12(17)15(2)11-6-4-3-5-7-11/h3-7,9-10H,8H2,1-2H3/q+1. The van der Waals surface area contributed by atoms with Gasteiger partial charge in [-0.1, -0.05) is 22.3 Å². The van der Waals surface area contributed by atoms with Gasteiger partial charge in [0.2, 0.25) is 12.2 Å². The van der Waals surface area contributed by atoms with Crippen molar-refractivity contribution in [2.45, 2.75) is 0 Å². The SMILES string of the molecule is CN(C(=O)CSn1c[n+](C)cn1)c1ccccc1. The van der Waals surface area contributed by atoms with E-state index >= 15 is 0 Å². The maximum absolute atomic E-state index is 12.0. The largest absolute Gasteiger partial charge is 0.315 e. The average Bonchev–Trinajstić information content (AvgIpc) is 2.82. The first-order chi connectivity index (χ1) is 8.66. The van der Waals surface area contributed by atoms with Gasteiger partial charge in [0, 0.05) is 17.8 Å². The van der Waals surface area contributed by atoms with E-state index in [1.165, 1.54) is 11.9 Å². The molecule has 0 saturated carbocycles. The molecule has 0 saturated heterocycles. The molecule has 0 radical (unpaired) electrons. The Morgan fingerprint density at radius 3 is 2.78 bits per heavy atom. The summed E-state index contributed by atoms with van der Waals surface area (Å²) >= 11 is 1.37. The molecule has 0 atom stereocenters. The van der Waals surface area contributed by atoms with Gasteiger partial charge in [0.15, 0.2) is 0 Å². The molecule has 0 aliphatic heterocycles. The molecule has 1 heterocycles. The monoisotopic (exact) mass is 263 g/mol. The molecule has 0 aliphatic rings. The van der Waals surface area contributed by atoms with Gasteiger partial charge in [-0.3, -0.25) is 4.79 Å². The van der Waals surface area contributed by atoms with Gasteiger partial charge >= 0.3 is 0 Å². The van der Waals surface area contributed by atoms with Crippen LogP contribution in [0, 0.1) is 0 Å². The second-order valence-corrected chi connectivity index (χ2v) is 4.80. The van der Waals surface area contributed by atoms with E-state index in [-0.39, 0.29) is 5.91 Å². The molecule has 5 nitrogen and oxygen atoms in total. The van der Waals surface area contributed by atoms with E-state index in [1.54, 1.807) is 22.4 Å². The minimum Gasteiger partial charge on any atom is -0.315 e. The normalized spacial score (nSPS) is 10.3. The van der Waals surface area contributed by atoms with Crippen molar-refractivity contribution in [1.29, 1.82) is 0 Å². The van der Waals surface area contributed by atoms with Crippen LogP contribution in [0.1, 0.15) is 0 Å². The maximum Gasteiger partial charge on any atom is 0.266 e. The fraction of sp³-hybridized carbons (Fsp3) is 0.250. The number of nitrogens with zero attached hydrogens (tertiary/aromatic N) is 4. The van der Waals surface area contributed by atoms with Crippen LogP contribution >= 0.6 is 11.9 Å². The summed E-state index contributed by atoms with van der Waals surface area (Å²) in [5.74, 6) is 0.400. The molecule has 0 N–H and O–H groups in total. The van der Waals surface area contributed by atoms with Crippen LogP contribution in [0.5, 0.6) is 0 Å². The summed E-state index contributed by atoms with van der Waals surface area (Å²) in [5.41, 5.74) is 0.897. The van der Waals surface area contributed by atoms with Crippen molar-refractivity contribution in [1.82, 2.24) is 9.19 Å². The number of amides is 1. The predicted molar refractivity (Wildman–Crippen MR) is 71.1 cm³/mol. The molecule has 6 heteroatoms. The highest BCUT2D eigenvalue weighted by atomic mass is 32.2. The lowest BCUT2D eigenvalue weighted by atomic mass is 10.3. The Kier molecular flexibility index (Phi) is 3.99. The Balaban J connectivity index is 1.92. The third-order valence-electron chi connectivity index (χ3n) is 2.47. The summed E-state index contributed by atoms with van der Waals surface area (Å²) in [6.45, 7) is 0. The van der Waals surface area contributed by atoms with E-state index in [4.69, 9.17) is 0 Å². The Bertz CT molecular complexity index is 526. The van der Waals surface area contributed by atoms with Gasteiger partial charge < -0.3 is 4.90 Å². The van der Waals surface area contributed by atoms with Gasteiger partial charge in [-0.05, 0) is 12.1 Å². The van der Waals surface area contributed by atoms with Crippen molar-refractivity contribution in [3.05, 3.63) is 43.0 Å². The zero-order chi connectivity index (χ0) is 13.0. The summed E-state index contributed by atoms with van der Waals surface area (Å²) in [4.78, 5) is 13.6. The minimum absolute atomic E-state index is 0.0457. The molecular weight excluding hydrogens is 248 g/mol. The third kappa shape index (κ3) is 3.10. The number of carbonyl (C=O) groups excluding carboxylic acids is 1. The van der Waals surface area contributed by atoms with E-state index in [1.807, 2.05) is 48.3 Å². The molecule has 1 aromatic heterocycles. The van der Waals surface area contributed by atoms with Crippen LogP contribution in [-0.2, 0) is 11.8 Å². The number of hydrogen-bond donors (Lipinski definition) is 0. The number of aromatic nitrogens is 3. The lowest BCUT2D eigenvalue weighted by Gasteiger charge is -2.15. The predicted octanol–water partition coefficient (Wildman–Crippen LogP) is 0.867. The molecule has 1 amide bonds. The van der Waals surface area contributed by atoms with E-state index in [0.717, 1.165) is 5.69 Å². The summed E-state index contributed by atoms with van der Waals surface area (Å²) in [5, 5.41) is 4.09. The fourth-order valence-corrected chi connectivity index (χ4v) is 2.19. The molecule has 1 aromatic carbocycles. The molecule has 0 bridgehead atoms. The Labute approximate surface area is 110 Å². The number of para-hydroxylation sites is 1. The zero-order valence-electron chi connectivity index (χ0n) is 10.4. The highest BCUT2D eigenvalue weighted by molar-refractivity contribution is 7.98. The van der Waals surface area contributed by atoms with E-state index in [2.05, 4.69) is 5.10 Å². The van der Waals surface area contributed by atoms with E-state index < -0.39 is 0 Å². The highest BCUT2D eigenvalue weighted by Gasteiger charge is 2.13. The summed E-state index contributed by atoms with van der Waals surface area (Å²) in [6, 6.07) is 9.59. The van der Waals surface area contributed by atoms with Crippen molar-refractivity contribution in [3.8, 4) is 0 Å². The van der Waals surface area contributed by atoms with Gasteiger partial charge in [0.05, 0.1) is 19.0 Å². The first-order valence-electron chi connectivity index (χ1n) is 5.51. The van der Waals surface area contributed by atoms with E-state index in [9.17, 15) is 4.79 Å². The second-order valence-electron chi connectivity index (χ2n) is 3.88. The van der Waals surface area contributed by atoms with Crippen LogP contribution in [0.2, 0.25) is 0 Å². The first kappa shape index (κ1) is 12.6. The highest BCUT2D eigenvalue weighted by Crippen LogP contribution is 2.13. The quantitative estimate of drug-likeness (QED) is 0.769. The lowest BCUT2D eigenvalue weighted by molar-refractivity contribution is -0.671. The Morgan fingerprint density at radius 2 is 2.17 bits per heavy atom. The molecule has 0 unspecified atom stereocenters. The first-order valence-corrected chi connectivity index (χ1v) is 6.46. The molecule has 94 valence electrons. The van der Waals surface area contributed by atoms with Crippen molar-refractivity contribution in [3.63, 3.8) is 0 Å². The van der Waals surface area contributed by atoms with Crippen LogP contribution in [0.3, 0.4) is 0 Å². The number of rotatable bonds is 4. The molecule has 2 aromatic rings. The van der Waals surface area contributed by atoms with Gasteiger partial charge in [-0.25, -0.2) is 4.57 Å². The number of carbonyl (C=O) groups is 1. The van der Waals surface area contributed by atoms with Crippen LogP contribution in [0.4, 0.5) is 5.69 Å². The van der Waals surface area contributed by atoms with Crippen molar-refractivity contribution in [2.75, 3.05) is 17.7 Å². The maximum atomic E-state index is 12.0. The summed E-state index contributed by atoms with van der Waals surface area (Å²) in [7, 11) is 3.67.